The molecule has 6 heteroatoms. The van der Waals surface area contributed by atoms with Crippen molar-refractivity contribution >= 4 is 15.9 Å². The van der Waals surface area contributed by atoms with Crippen LogP contribution in [0.5, 0.6) is 0 Å². The average molecular weight is 291 g/mol. The molecule has 1 rings (SSSR count). The first kappa shape index (κ1) is 13.2. The molecule has 0 aliphatic carbocycles. The first-order valence-corrected chi connectivity index (χ1v) is 5.72. The van der Waals surface area contributed by atoms with E-state index in [4.69, 9.17) is 4.74 Å². The van der Waals surface area contributed by atoms with Crippen LogP contribution in [0.1, 0.15) is 20.8 Å². The van der Waals surface area contributed by atoms with Crippen molar-refractivity contribution in [3.05, 3.63) is 31.5 Å². The maximum absolute atomic E-state index is 11.4. The zero-order valence-electron chi connectivity index (χ0n) is 9.54. The van der Waals surface area contributed by atoms with E-state index in [9.17, 15) is 9.59 Å². The molecule has 0 radical (unpaired) electrons. The summed E-state index contributed by atoms with van der Waals surface area (Å²) in [6.45, 7) is 6.66. The van der Waals surface area contributed by atoms with Crippen molar-refractivity contribution in [1.29, 1.82) is 0 Å². The molecule has 0 amide bonds. The summed E-state index contributed by atoms with van der Waals surface area (Å²) < 4.78 is 7.23. The molecule has 90 valence electrons. The molecule has 0 bridgehead atoms. The molecule has 0 spiro atoms. The van der Waals surface area contributed by atoms with Gasteiger partial charge in [-0.25, -0.2) is 4.79 Å². The van der Waals surface area contributed by atoms with Gasteiger partial charge in [0.2, 0.25) is 0 Å². The van der Waals surface area contributed by atoms with Gasteiger partial charge in [-0.1, -0.05) is 0 Å². The quantitative estimate of drug-likeness (QED) is 0.907. The van der Waals surface area contributed by atoms with Gasteiger partial charge < -0.3 is 4.74 Å². The Hall–Kier alpha value is -0.880. The van der Waals surface area contributed by atoms with E-state index in [1.807, 2.05) is 20.8 Å². The second-order valence-electron chi connectivity index (χ2n) is 4.39. The SMILES string of the molecule is CC(C)(C)OCCn1cc(Br)c(=O)[nH]c1=O. The maximum atomic E-state index is 11.4. The van der Waals surface area contributed by atoms with Crippen LogP contribution in [-0.4, -0.2) is 21.8 Å². The second-order valence-corrected chi connectivity index (χ2v) is 5.24. The Balaban J connectivity index is 2.72. The molecule has 0 unspecified atom stereocenters. The van der Waals surface area contributed by atoms with Crippen LogP contribution in [0.2, 0.25) is 0 Å². The van der Waals surface area contributed by atoms with Crippen LogP contribution in [0.15, 0.2) is 20.3 Å². The summed E-state index contributed by atoms with van der Waals surface area (Å²) in [6.07, 6.45) is 1.47. The van der Waals surface area contributed by atoms with E-state index in [-0.39, 0.29) is 5.60 Å². The van der Waals surface area contributed by atoms with Crippen LogP contribution in [0.3, 0.4) is 0 Å². The number of nitrogens with one attached hydrogen (secondary N) is 1. The summed E-state index contributed by atoms with van der Waals surface area (Å²) in [5.41, 5.74) is -1.08. The van der Waals surface area contributed by atoms with Gasteiger partial charge in [-0.2, -0.15) is 0 Å². The molecule has 16 heavy (non-hydrogen) atoms. The standard InChI is InChI=1S/C10H15BrN2O3/c1-10(2,3)16-5-4-13-6-7(11)8(14)12-9(13)15/h6H,4-5H2,1-3H3,(H,12,14,15). The largest absolute Gasteiger partial charge is 0.374 e. The van der Waals surface area contributed by atoms with Gasteiger partial charge in [-0.15, -0.1) is 0 Å². The molecule has 0 atom stereocenters. The lowest BCUT2D eigenvalue weighted by Gasteiger charge is -2.19. The Kier molecular flexibility index (Phi) is 4.09. The predicted molar refractivity (Wildman–Crippen MR) is 64.7 cm³/mol. The maximum Gasteiger partial charge on any atom is 0.328 e. The minimum Gasteiger partial charge on any atom is -0.374 e. The Labute approximate surface area is 102 Å². The summed E-state index contributed by atoms with van der Waals surface area (Å²) in [5.74, 6) is 0. The van der Waals surface area contributed by atoms with Crippen LogP contribution in [-0.2, 0) is 11.3 Å². The molecule has 0 saturated carbocycles. The fourth-order valence-corrected chi connectivity index (χ4v) is 1.45. The number of aromatic amines is 1. The van der Waals surface area contributed by atoms with Gasteiger partial charge in [0, 0.05) is 6.20 Å². The zero-order chi connectivity index (χ0) is 12.3. The molecule has 1 aromatic heterocycles. The molecule has 0 aliphatic rings. The summed E-state index contributed by atoms with van der Waals surface area (Å²) >= 11 is 3.07. The van der Waals surface area contributed by atoms with E-state index in [1.165, 1.54) is 10.8 Å². The molecular weight excluding hydrogens is 276 g/mol. The van der Waals surface area contributed by atoms with Crippen molar-refractivity contribution in [3.63, 3.8) is 0 Å². The lowest BCUT2D eigenvalue weighted by atomic mass is 10.2. The summed E-state index contributed by atoms with van der Waals surface area (Å²) in [6, 6.07) is 0. The highest BCUT2D eigenvalue weighted by Gasteiger charge is 2.10. The molecule has 1 N–H and O–H groups in total. The van der Waals surface area contributed by atoms with E-state index in [0.29, 0.717) is 17.6 Å². The summed E-state index contributed by atoms with van der Waals surface area (Å²) in [5, 5.41) is 0. The van der Waals surface area contributed by atoms with Crippen molar-refractivity contribution in [2.24, 2.45) is 0 Å². The van der Waals surface area contributed by atoms with Crippen molar-refractivity contribution in [3.8, 4) is 0 Å². The Morgan fingerprint density at radius 2 is 2.06 bits per heavy atom. The highest BCUT2D eigenvalue weighted by molar-refractivity contribution is 9.10. The van der Waals surface area contributed by atoms with E-state index in [1.54, 1.807) is 0 Å². The second kappa shape index (κ2) is 4.97. The lowest BCUT2D eigenvalue weighted by molar-refractivity contribution is -0.00727. The molecule has 0 aliphatic heterocycles. The van der Waals surface area contributed by atoms with E-state index in [2.05, 4.69) is 20.9 Å². The fourth-order valence-electron chi connectivity index (χ4n) is 1.10. The van der Waals surface area contributed by atoms with Gasteiger partial charge in [-0.3, -0.25) is 14.3 Å². The van der Waals surface area contributed by atoms with Crippen LogP contribution in [0.4, 0.5) is 0 Å². The average Bonchev–Trinajstić information content (AvgIpc) is 2.11. The fraction of sp³-hybridized carbons (Fsp3) is 0.600. The smallest absolute Gasteiger partial charge is 0.328 e. The van der Waals surface area contributed by atoms with Gasteiger partial charge in [0.25, 0.3) is 5.56 Å². The number of hydrogen-bond donors (Lipinski definition) is 1. The minimum absolute atomic E-state index is 0.233. The van der Waals surface area contributed by atoms with Crippen molar-refractivity contribution < 1.29 is 4.74 Å². The summed E-state index contributed by atoms with van der Waals surface area (Å²) in [7, 11) is 0. The van der Waals surface area contributed by atoms with Crippen molar-refractivity contribution in [1.82, 2.24) is 9.55 Å². The Bertz CT molecular complexity index is 470. The number of aromatic nitrogens is 2. The van der Waals surface area contributed by atoms with Gasteiger partial charge in [0.15, 0.2) is 0 Å². The number of hydrogen-bond acceptors (Lipinski definition) is 3. The molecule has 1 heterocycles. The minimum atomic E-state index is -0.425. The van der Waals surface area contributed by atoms with Crippen LogP contribution in [0.25, 0.3) is 0 Å². The molecule has 0 fully saturated rings. The van der Waals surface area contributed by atoms with Crippen LogP contribution >= 0.6 is 15.9 Å². The van der Waals surface area contributed by atoms with Gasteiger partial charge in [0.1, 0.15) is 0 Å². The van der Waals surface area contributed by atoms with Crippen molar-refractivity contribution in [2.75, 3.05) is 6.61 Å². The molecular formula is C10H15BrN2O3. The molecule has 5 nitrogen and oxygen atoms in total. The first-order chi connectivity index (χ1) is 7.29. The number of H-pyrrole nitrogens is 1. The number of rotatable bonds is 3. The Morgan fingerprint density at radius 3 is 2.62 bits per heavy atom. The third-order valence-electron chi connectivity index (χ3n) is 1.83. The number of ether oxygens (including phenoxy) is 1. The third kappa shape index (κ3) is 3.94. The van der Waals surface area contributed by atoms with Gasteiger partial charge in [-0.05, 0) is 36.7 Å². The van der Waals surface area contributed by atoms with Crippen LogP contribution in [0, 0.1) is 0 Å². The molecule has 0 aromatic carbocycles. The third-order valence-corrected chi connectivity index (χ3v) is 2.40. The van der Waals surface area contributed by atoms with Crippen molar-refractivity contribution in [2.45, 2.75) is 32.9 Å². The molecule has 1 aromatic rings. The summed E-state index contributed by atoms with van der Waals surface area (Å²) in [4.78, 5) is 24.7. The van der Waals surface area contributed by atoms with Gasteiger partial charge in [0.05, 0.1) is 23.2 Å². The normalized spacial score (nSPS) is 11.8. The molecule has 0 saturated heterocycles. The number of nitrogens with zero attached hydrogens (tertiary/aromatic N) is 1. The highest BCUT2D eigenvalue weighted by atomic mass is 79.9. The monoisotopic (exact) mass is 290 g/mol. The highest BCUT2D eigenvalue weighted by Crippen LogP contribution is 2.06. The topological polar surface area (TPSA) is 64.1 Å². The predicted octanol–water partition coefficient (Wildman–Crippen LogP) is 1.11. The lowest BCUT2D eigenvalue weighted by Crippen LogP contribution is -2.32. The number of halogens is 1. The van der Waals surface area contributed by atoms with Gasteiger partial charge >= 0.3 is 5.69 Å². The first-order valence-electron chi connectivity index (χ1n) is 4.93. The Morgan fingerprint density at radius 1 is 1.44 bits per heavy atom. The van der Waals surface area contributed by atoms with E-state index >= 15 is 0 Å². The zero-order valence-corrected chi connectivity index (χ0v) is 11.1. The van der Waals surface area contributed by atoms with E-state index < -0.39 is 11.2 Å². The van der Waals surface area contributed by atoms with E-state index in [0.717, 1.165) is 0 Å². The van der Waals surface area contributed by atoms with Crippen LogP contribution < -0.4 is 11.2 Å².